The highest BCUT2D eigenvalue weighted by atomic mass is 19.1. The Morgan fingerprint density at radius 1 is 1.23 bits per heavy atom. The number of fused-ring (bicyclic) bond motifs is 1. The van der Waals surface area contributed by atoms with Crippen LogP contribution in [0.4, 0.5) is 14.5 Å². The van der Waals surface area contributed by atoms with Crippen LogP contribution in [-0.4, -0.2) is 37.5 Å². The lowest BCUT2D eigenvalue weighted by molar-refractivity contribution is -0.148. The van der Waals surface area contributed by atoms with E-state index in [0.717, 1.165) is 12.1 Å². The van der Waals surface area contributed by atoms with Gasteiger partial charge < -0.3 is 19.7 Å². The fraction of sp³-hybridized carbons (Fsp3) is 0.286. The van der Waals surface area contributed by atoms with Crippen LogP contribution in [0.3, 0.4) is 0 Å². The van der Waals surface area contributed by atoms with Crippen LogP contribution in [0.2, 0.25) is 0 Å². The molecule has 1 N–H and O–H groups in total. The largest absolute Gasteiger partial charge is 0.482 e. The number of nitrogens with zero attached hydrogens (tertiary/aromatic N) is 1. The molecule has 1 aliphatic rings. The molecule has 2 amide bonds. The second kappa shape index (κ2) is 9.34. The number of hydrogen-bond donors (Lipinski definition) is 1. The number of para-hydroxylation sites is 2. The molecular formula is C21H20F2N2O5. The molecular weight excluding hydrogens is 398 g/mol. The van der Waals surface area contributed by atoms with E-state index in [0.29, 0.717) is 11.4 Å². The molecule has 0 unspecified atom stereocenters. The minimum atomic E-state index is -0.782. The normalized spacial score (nSPS) is 13.8. The first-order valence-electron chi connectivity index (χ1n) is 9.27. The van der Waals surface area contributed by atoms with Crippen molar-refractivity contribution in [2.24, 2.45) is 0 Å². The first-order chi connectivity index (χ1) is 14.3. The van der Waals surface area contributed by atoms with Gasteiger partial charge in [-0.3, -0.25) is 14.4 Å². The molecule has 0 spiro atoms. The third-order valence-electron chi connectivity index (χ3n) is 4.52. The van der Waals surface area contributed by atoms with E-state index in [-0.39, 0.29) is 31.0 Å². The van der Waals surface area contributed by atoms with Crippen molar-refractivity contribution in [1.29, 1.82) is 0 Å². The zero-order chi connectivity index (χ0) is 21.7. The predicted molar refractivity (Wildman–Crippen MR) is 103 cm³/mol. The van der Waals surface area contributed by atoms with Crippen molar-refractivity contribution in [3.05, 3.63) is 59.7 Å². The summed E-state index contributed by atoms with van der Waals surface area (Å²) in [4.78, 5) is 37.4. The lowest BCUT2D eigenvalue weighted by atomic mass is 10.1. The van der Waals surface area contributed by atoms with Crippen LogP contribution in [0.25, 0.3) is 0 Å². The molecule has 158 valence electrons. The van der Waals surface area contributed by atoms with Gasteiger partial charge in [0.1, 0.15) is 17.4 Å². The predicted octanol–water partition coefficient (Wildman–Crippen LogP) is 2.50. The van der Waals surface area contributed by atoms with Gasteiger partial charge in [0, 0.05) is 18.2 Å². The number of carbonyl (C=O) groups is 3. The van der Waals surface area contributed by atoms with Gasteiger partial charge in [-0.25, -0.2) is 8.78 Å². The average Bonchev–Trinajstić information content (AvgIpc) is 2.71. The van der Waals surface area contributed by atoms with Crippen LogP contribution in [-0.2, 0) is 19.1 Å². The summed E-state index contributed by atoms with van der Waals surface area (Å²) in [6.07, 6.45) is -0.116. The Hall–Kier alpha value is -3.49. The van der Waals surface area contributed by atoms with Crippen molar-refractivity contribution in [3.63, 3.8) is 0 Å². The number of rotatable bonds is 7. The fourth-order valence-electron chi connectivity index (χ4n) is 3.03. The quantitative estimate of drug-likeness (QED) is 0.699. The van der Waals surface area contributed by atoms with E-state index in [2.05, 4.69) is 5.32 Å². The topological polar surface area (TPSA) is 84.9 Å². The number of ether oxygens (including phenoxy) is 2. The van der Waals surface area contributed by atoms with E-state index in [1.165, 1.54) is 17.9 Å². The minimum absolute atomic E-state index is 0.0802. The van der Waals surface area contributed by atoms with Crippen molar-refractivity contribution in [3.8, 4) is 5.75 Å². The van der Waals surface area contributed by atoms with Crippen LogP contribution in [0.5, 0.6) is 5.75 Å². The standard InChI is InChI=1S/C21H20F2N2O5/c1-13(15-7-6-14(22)10-16(15)23)24-19(26)11-30-21(28)8-9-25-17-4-2-3-5-18(17)29-12-20(25)27/h2-7,10,13H,8-9,11-12H2,1H3,(H,24,26)/t13-/m0/s1. The first-order valence-corrected chi connectivity index (χ1v) is 9.27. The van der Waals surface area contributed by atoms with Gasteiger partial charge in [0.15, 0.2) is 13.2 Å². The summed E-state index contributed by atoms with van der Waals surface area (Å²) in [7, 11) is 0. The van der Waals surface area contributed by atoms with Crippen LogP contribution < -0.4 is 15.0 Å². The van der Waals surface area contributed by atoms with Gasteiger partial charge in [0.25, 0.3) is 11.8 Å². The molecule has 0 fully saturated rings. The second-order valence-corrected chi connectivity index (χ2v) is 6.67. The number of anilines is 1. The monoisotopic (exact) mass is 418 g/mol. The molecule has 9 heteroatoms. The third kappa shape index (κ3) is 5.11. The van der Waals surface area contributed by atoms with Crippen molar-refractivity contribution < 1.29 is 32.6 Å². The lowest BCUT2D eigenvalue weighted by Crippen LogP contribution is -2.40. The Morgan fingerprint density at radius 3 is 2.77 bits per heavy atom. The summed E-state index contributed by atoms with van der Waals surface area (Å²) >= 11 is 0. The highest BCUT2D eigenvalue weighted by molar-refractivity contribution is 5.98. The Morgan fingerprint density at radius 2 is 2.00 bits per heavy atom. The van der Waals surface area contributed by atoms with Crippen molar-refractivity contribution in [1.82, 2.24) is 5.32 Å². The summed E-state index contributed by atoms with van der Waals surface area (Å²) in [6.45, 7) is 0.931. The zero-order valence-corrected chi connectivity index (χ0v) is 16.2. The number of halogens is 2. The highest BCUT2D eigenvalue weighted by Gasteiger charge is 2.25. The summed E-state index contributed by atoms with van der Waals surface area (Å²) in [5, 5.41) is 2.48. The maximum absolute atomic E-state index is 13.8. The number of carbonyl (C=O) groups excluding carboxylic acids is 3. The first kappa shape index (κ1) is 21.2. The van der Waals surface area contributed by atoms with E-state index < -0.39 is 36.2 Å². The molecule has 2 aromatic carbocycles. The molecule has 1 heterocycles. The van der Waals surface area contributed by atoms with Gasteiger partial charge in [-0.1, -0.05) is 18.2 Å². The number of hydrogen-bond acceptors (Lipinski definition) is 5. The van der Waals surface area contributed by atoms with Gasteiger partial charge in [-0.15, -0.1) is 0 Å². The van der Waals surface area contributed by atoms with Crippen LogP contribution in [0.1, 0.15) is 24.9 Å². The third-order valence-corrected chi connectivity index (χ3v) is 4.52. The van der Waals surface area contributed by atoms with Gasteiger partial charge in [0.05, 0.1) is 18.2 Å². The Balaban J connectivity index is 1.47. The fourth-order valence-corrected chi connectivity index (χ4v) is 3.03. The number of nitrogens with one attached hydrogen (secondary N) is 1. The second-order valence-electron chi connectivity index (χ2n) is 6.67. The van der Waals surface area contributed by atoms with Crippen molar-refractivity contribution in [2.75, 3.05) is 24.7 Å². The smallest absolute Gasteiger partial charge is 0.308 e. The summed E-state index contributed by atoms with van der Waals surface area (Å²) in [5.74, 6) is -2.53. The van der Waals surface area contributed by atoms with E-state index in [1.807, 2.05) is 0 Å². The maximum Gasteiger partial charge on any atom is 0.308 e. The molecule has 0 radical (unpaired) electrons. The lowest BCUT2D eigenvalue weighted by Gasteiger charge is -2.28. The molecule has 3 rings (SSSR count). The molecule has 0 aliphatic carbocycles. The SMILES string of the molecule is C[C@H](NC(=O)COC(=O)CCN1C(=O)COc2ccccc21)c1ccc(F)cc1F. The molecule has 0 saturated carbocycles. The Kier molecular flexibility index (Phi) is 6.61. The number of amides is 2. The van der Waals surface area contributed by atoms with Crippen LogP contribution in [0, 0.1) is 11.6 Å². The Labute approximate surface area is 171 Å². The zero-order valence-electron chi connectivity index (χ0n) is 16.2. The minimum Gasteiger partial charge on any atom is -0.482 e. The molecule has 1 aliphatic heterocycles. The molecule has 0 aromatic heterocycles. The highest BCUT2D eigenvalue weighted by Crippen LogP contribution is 2.31. The number of esters is 1. The van der Waals surface area contributed by atoms with Gasteiger partial charge in [-0.05, 0) is 25.1 Å². The van der Waals surface area contributed by atoms with Crippen molar-refractivity contribution >= 4 is 23.5 Å². The van der Waals surface area contributed by atoms with E-state index in [4.69, 9.17) is 9.47 Å². The van der Waals surface area contributed by atoms with Gasteiger partial charge in [-0.2, -0.15) is 0 Å². The molecule has 2 aromatic rings. The molecule has 0 saturated heterocycles. The maximum atomic E-state index is 13.8. The molecule has 1 atom stereocenters. The van der Waals surface area contributed by atoms with Crippen LogP contribution >= 0.6 is 0 Å². The molecule has 30 heavy (non-hydrogen) atoms. The molecule has 0 bridgehead atoms. The summed E-state index contributed by atoms with van der Waals surface area (Å²) < 4.78 is 37.0. The summed E-state index contributed by atoms with van der Waals surface area (Å²) in [5.41, 5.74) is 0.676. The van der Waals surface area contributed by atoms with Gasteiger partial charge >= 0.3 is 5.97 Å². The van der Waals surface area contributed by atoms with E-state index >= 15 is 0 Å². The van der Waals surface area contributed by atoms with E-state index in [1.54, 1.807) is 24.3 Å². The number of benzene rings is 2. The summed E-state index contributed by atoms with van der Waals surface area (Å²) in [6, 6.07) is 9.27. The van der Waals surface area contributed by atoms with E-state index in [9.17, 15) is 23.2 Å². The Bertz CT molecular complexity index is 966. The van der Waals surface area contributed by atoms with Crippen molar-refractivity contribution in [2.45, 2.75) is 19.4 Å². The van der Waals surface area contributed by atoms with Crippen LogP contribution in [0.15, 0.2) is 42.5 Å². The molecule has 7 nitrogen and oxygen atoms in total. The van der Waals surface area contributed by atoms with Gasteiger partial charge in [0.2, 0.25) is 0 Å². The average molecular weight is 418 g/mol.